The van der Waals surface area contributed by atoms with Crippen LogP contribution in [-0.4, -0.2) is 60.5 Å². The van der Waals surface area contributed by atoms with Crippen LogP contribution in [0.5, 0.6) is 5.75 Å². The van der Waals surface area contributed by atoms with E-state index < -0.39 is 26.5 Å². The van der Waals surface area contributed by atoms with Crippen molar-refractivity contribution in [1.82, 2.24) is 4.90 Å². The molecule has 0 fully saturated rings. The van der Waals surface area contributed by atoms with E-state index in [1.807, 2.05) is 35.2 Å². The van der Waals surface area contributed by atoms with Crippen LogP contribution in [0, 0.1) is 10.1 Å². The number of carboxylic acid groups (broad SMARTS) is 1. The first-order chi connectivity index (χ1) is 18.9. The molecule has 0 saturated heterocycles. The number of carboxylic acids is 1. The summed E-state index contributed by atoms with van der Waals surface area (Å²) in [6.07, 6.45) is 1.82. The minimum Gasteiger partial charge on any atom is -0.481 e. The summed E-state index contributed by atoms with van der Waals surface area (Å²) >= 11 is 0. The monoisotopic (exact) mass is 565 g/mol. The van der Waals surface area contributed by atoms with Crippen molar-refractivity contribution in [3.63, 3.8) is 0 Å². The highest BCUT2D eigenvalue weighted by Gasteiger charge is 2.49. The van der Waals surface area contributed by atoms with Gasteiger partial charge in [-0.2, -0.15) is 8.42 Å². The molecule has 208 valence electrons. The molecule has 0 radical (unpaired) electrons. The van der Waals surface area contributed by atoms with Crippen LogP contribution in [0.3, 0.4) is 0 Å². The van der Waals surface area contributed by atoms with E-state index in [1.165, 1.54) is 12.1 Å². The van der Waals surface area contributed by atoms with Gasteiger partial charge in [0.05, 0.1) is 11.2 Å². The molecule has 13 heteroatoms. The van der Waals surface area contributed by atoms with Gasteiger partial charge < -0.3 is 15.0 Å². The van der Waals surface area contributed by atoms with E-state index in [4.69, 9.17) is 29.8 Å². The van der Waals surface area contributed by atoms with Crippen LogP contribution in [-0.2, 0) is 20.5 Å². The Morgan fingerprint density at radius 3 is 2.33 bits per heavy atom. The third-order valence-corrected chi connectivity index (χ3v) is 6.63. The molecule has 0 amide bonds. The summed E-state index contributed by atoms with van der Waals surface area (Å²) in [5.41, 5.74) is 8.26. The van der Waals surface area contributed by atoms with Crippen molar-refractivity contribution in [3.05, 3.63) is 94.0 Å². The van der Waals surface area contributed by atoms with Crippen molar-refractivity contribution < 1.29 is 27.4 Å². The summed E-state index contributed by atoms with van der Waals surface area (Å²) < 4.78 is 28.1. The number of rotatable bonds is 6. The summed E-state index contributed by atoms with van der Waals surface area (Å²) in [6, 6.07) is 20.7. The fraction of sp³-hybridized carbons (Fsp3) is 0.222. The minimum absolute atomic E-state index is 0.0000406. The number of nitrogens with zero attached hydrogens (tertiary/aromatic N) is 4. The van der Waals surface area contributed by atoms with Crippen LogP contribution < -0.4 is 9.92 Å². The molecular weight excluding hydrogens is 538 g/mol. The number of nitro groups is 1. The molecular formula is C27H27N5O7S. The van der Waals surface area contributed by atoms with Crippen LogP contribution in [0.2, 0.25) is 0 Å². The van der Waals surface area contributed by atoms with Gasteiger partial charge in [0.15, 0.2) is 11.5 Å². The van der Waals surface area contributed by atoms with Gasteiger partial charge in [0.1, 0.15) is 11.6 Å². The van der Waals surface area contributed by atoms with Crippen molar-refractivity contribution in [3.8, 4) is 16.9 Å². The van der Waals surface area contributed by atoms with Gasteiger partial charge in [-0.15, -0.1) is 0 Å². The highest BCUT2D eigenvalue weighted by Crippen LogP contribution is 2.43. The predicted molar refractivity (Wildman–Crippen MR) is 150 cm³/mol. The fourth-order valence-corrected chi connectivity index (χ4v) is 5.08. The molecule has 0 spiro atoms. The van der Waals surface area contributed by atoms with Crippen LogP contribution in [0.1, 0.15) is 24.5 Å². The molecule has 2 aliphatic heterocycles. The van der Waals surface area contributed by atoms with Crippen LogP contribution in [0.4, 0.5) is 5.69 Å². The smallest absolute Gasteiger partial charge is 0.306 e. The molecule has 5 rings (SSSR count). The number of hydrogen-bond acceptors (Lipinski definition) is 10. The van der Waals surface area contributed by atoms with Gasteiger partial charge in [0.25, 0.3) is 11.7 Å². The fourth-order valence-electron chi connectivity index (χ4n) is 4.62. The van der Waals surface area contributed by atoms with E-state index in [1.54, 1.807) is 30.3 Å². The Hall–Kier alpha value is -4.78. The molecule has 0 aliphatic carbocycles. The minimum atomic E-state index is -3.68. The number of fused-ring (bicyclic) bond motifs is 1. The molecule has 3 aromatic carbocycles. The normalized spacial score (nSPS) is 18.0. The van der Waals surface area contributed by atoms with Crippen LogP contribution in [0.15, 0.2) is 82.8 Å². The van der Waals surface area contributed by atoms with E-state index >= 15 is 0 Å². The van der Waals surface area contributed by atoms with E-state index in [0.717, 1.165) is 36.3 Å². The number of nitro benzene ring substituents is 1. The summed E-state index contributed by atoms with van der Waals surface area (Å²) in [5, 5.41) is 18.7. The third-order valence-electron chi connectivity index (χ3n) is 6.13. The Morgan fingerprint density at radius 2 is 1.70 bits per heavy atom. The first kappa shape index (κ1) is 28.2. The maximum atomic E-state index is 11.6. The van der Waals surface area contributed by atoms with Crippen molar-refractivity contribution in [2.75, 3.05) is 19.3 Å². The zero-order chi connectivity index (χ0) is 29.1. The Bertz CT molecular complexity index is 1620. The maximum absolute atomic E-state index is 11.6. The molecule has 3 N–H and O–H groups in total. The standard InChI is InChI=1S/C25H23N5O5S.C2H4O2/c1-36(33,34)35-22-11-9-19(10-12-22)25(23-27-13-4-14-29(23)24(26)28-25)20-7-2-5-17(15-20)18-6-3-8-21(16-18)30(31)32;1-2(3)4/h2-3,5-12,15-16H,4,13-14H2,1H3,(H2,26,28);1H3,(H,3,4). The Morgan fingerprint density at radius 1 is 1.07 bits per heavy atom. The SMILES string of the molecule is CC(=O)O.CS(=O)(=O)Oc1ccc(C2(c3cccc(-c4cccc([N+](=O)[O-])c4)c3)N=C(N)N3CCCN=C32)cc1. The van der Waals surface area contributed by atoms with Crippen LogP contribution in [0.25, 0.3) is 11.1 Å². The summed E-state index contributed by atoms with van der Waals surface area (Å²) in [7, 11) is -3.68. The highest BCUT2D eigenvalue weighted by molar-refractivity contribution is 7.86. The van der Waals surface area contributed by atoms with Gasteiger partial charge >= 0.3 is 10.1 Å². The van der Waals surface area contributed by atoms with Crippen molar-refractivity contribution in [2.24, 2.45) is 15.7 Å². The molecule has 0 bridgehead atoms. The zero-order valence-corrected chi connectivity index (χ0v) is 22.5. The van der Waals surface area contributed by atoms with Gasteiger partial charge in [-0.1, -0.05) is 42.5 Å². The Labute approximate surface area is 230 Å². The van der Waals surface area contributed by atoms with Crippen molar-refractivity contribution >= 4 is 33.6 Å². The van der Waals surface area contributed by atoms with Crippen molar-refractivity contribution in [1.29, 1.82) is 0 Å². The van der Waals surface area contributed by atoms with E-state index in [0.29, 0.717) is 30.4 Å². The highest BCUT2D eigenvalue weighted by atomic mass is 32.2. The van der Waals surface area contributed by atoms with E-state index in [9.17, 15) is 18.5 Å². The van der Waals surface area contributed by atoms with Gasteiger partial charge in [0, 0.05) is 32.1 Å². The van der Waals surface area contributed by atoms with Gasteiger partial charge in [-0.05, 0) is 46.9 Å². The second kappa shape index (κ2) is 11.1. The molecule has 2 heterocycles. The second-order valence-electron chi connectivity index (χ2n) is 9.11. The lowest BCUT2D eigenvalue weighted by molar-refractivity contribution is -0.384. The zero-order valence-electron chi connectivity index (χ0n) is 21.7. The van der Waals surface area contributed by atoms with Crippen molar-refractivity contribution in [2.45, 2.75) is 18.9 Å². The Balaban J connectivity index is 0.000000867. The van der Waals surface area contributed by atoms with E-state index in [-0.39, 0.29) is 11.4 Å². The number of nitrogens with two attached hydrogens (primary N) is 1. The lowest BCUT2D eigenvalue weighted by Gasteiger charge is -2.33. The number of benzene rings is 3. The number of aliphatic imine (C=N–C) groups is 2. The number of carbonyl (C=O) groups is 1. The van der Waals surface area contributed by atoms with Gasteiger partial charge in [-0.3, -0.25) is 24.8 Å². The average Bonchev–Trinajstić information content (AvgIpc) is 3.21. The first-order valence-electron chi connectivity index (χ1n) is 12.1. The second-order valence-corrected chi connectivity index (χ2v) is 10.7. The van der Waals surface area contributed by atoms with E-state index in [2.05, 4.69) is 0 Å². The quantitative estimate of drug-likeness (QED) is 0.257. The summed E-state index contributed by atoms with van der Waals surface area (Å²) in [5.74, 6) is 0.365. The number of aliphatic carboxylic acids is 1. The third kappa shape index (κ3) is 5.94. The maximum Gasteiger partial charge on any atom is 0.306 e. The molecule has 1 unspecified atom stereocenters. The first-order valence-corrected chi connectivity index (χ1v) is 13.9. The molecule has 3 aromatic rings. The molecule has 12 nitrogen and oxygen atoms in total. The molecule has 1 atom stereocenters. The predicted octanol–water partition coefficient (Wildman–Crippen LogP) is 3.37. The lowest BCUT2D eigenvalue weighted by Crippen LogP contribution is -2.46. The average molecular weight is 566 g/mol. The molecule has 0 saturated carbocycles. The summed E-state index contributed by atoms with van der Waals surface area (Å²) in [4.78, 5) is 31.5. The topological polar surface area (TPSA) is 178 Å². The molecule has 0 aromatic heterocycles. The number of non-ortho nitro benzene ring substituents is 1. The Kier molecular flexibility index (Phi) is 7.86. The molecule has 2 aliphatic rings. The van der Waals surface area contributed by atoms with Gasteiger partial charge in [0.2, 0.25) is 0 Å². The molecule has 40 heavy (non-hydrogen) atoms. The number of amidine groups is 1. The van der Waals surface area contributed by atoms with Gasteiger partial charge in [-0.25, -0.2) is 4.99 Å². The lowest BCUT2D eigenvalue weighted by atomic mass is 9.81. The van der Waals surface area contributed by atoms with Crippen LogP contribution >= 0.6 is 0 Å². The number of guanidine groups is 1. The number of hydrogen-bond donors (Lipinski definition) is 2. The summed E-state index contributed by atoms with van der Waals surface area (Å²) in [6.45, 7) is 2.38. The largest absolute Gasteiger partial charge is 0.481 e.